The predicted molar refractivity (Wildman–Crippen MR) is 113 cm³/mol. The Hall–Kier alpha value is -2.69. The molecule has 0 bridgehead atoms. The summed E-state index contributed by atoms with van der Waals surface area (Å²) in [4.78, 5) is 34.3. The smallest absolute Gasteiger partial charge is 0.255 e. The molecule has 0 spiro atoms. The van der Waals surface area contributed by atoms with E-state index in [-0.39, 0.29) is 11.8 Å². The molecule has 0 unspecified atom stereocenters. The molecule has 5 heteroatoms. The van der Waals surface area contributed by atoms with Crippen LogP contribution in [0.5, 0.6) is 0 Å². The molecule has 2 fully saturated rings. The highest BCUT2D eigenvalue weighted by Gasteiger charge is 2.31. The second kappa shape index (κ2) is 8.76. The van der Waals surface area contributed by atoms with E-state index < -0.39 is 0 Å². The van der Waals surface area contributed by atoms with Gasteiger partial charge >= 0.3 is 0 Å². The van der Waals surface area contributed by atoms with Crippen LogP contribution in [0.15, 0.2) is 42.5 Å². The van der Waals surface area contributed by atoms with Crippen molar-refractivity contribution in [1.82, 2.24) is 14.8 Å². The van der Waals surface area contributed by atoms with E-state index in [4.69, 9.17) is 0 Å². The number of likely N-dealkylation sites (tertiary alicyclic amines) is 2. The summed E-state index contributed by atoms with van der Waals surface area (Å²) in [5.41, 5.74) is 3.34. The lowest BCUT2D eigenvalue weighted by Crippen LogP contribution is -2.45. The normalized spacial score (nSPS) is 18.0. The number of benzene rings is 1. The fourth-order valence-corrected chi connectivity index (χ4v) is 4.43. The van der Waals surface area contributed by atoms with Crippen LogP contribution in [0.2, 0.25) is 0 Å². The maximum absolute atomic E-state index is 13.0. The molecule has 1 aromatic heterocycles. The molecule has 152 valence electrons. The number of piperidine rings is 2. The maximum Gasteiger partial charge on any atom is 0.255 e. The number of carbonyl (C=O) groups is 2. The summed E-state index contributed by atoms with van der Waals surface area (Å²) in [6.07, 6.45) is 4.99. The minimum atomic E-state index is 0.0264. The molecule has 5 nitrogen and oxygen atoms in total. The van der Waals surface area contributed by atoms with E-state index in [1.54, 1.807) is 0 Å². The minimum Gasteiger partial charge on any atom is -0.342 e. The van der Waals surface area contributed by atoms with E-state index in [2.05, 4.69) is 4.98 Å². The van der Waals surface area contributed by atoms with Gasteiger partial charge in [0.05, 0.1) is 17.0 Å². The number of nitrogens with zero attached hydrogens (tertiary/aromatic N) is 3. The first-order valence-electron chi connectivity index (χ1n) is 10.7. The summed E-state index contributed by atoms with van der Waals surface area (Å²) in [7, 11) is 0. The van der Waals surface area contributed by atoms with Crippen LogP contribution < -0.4 is 0 Å². The monoisotopic (exact) mass is 391 g/mol. The average molecular weight is 392 g/mol. The molecule has 0 radical (unpaired) electrons. The second-order valence-electron chi connectivity index (χ2n) is 8.15. The third-order valence-corrected chi connectivity index (χ3v) is 6.18. The molecule has 1 aromatic carbocycles. The topological polar surface area (TPSA) is 53.5 Å². The van der Waals surface area contributed by atoms with Crippen LogP contribution in [0.3, 0.4) is 0 Å². The highest BCUT2D eigenvalue weighted by atomic mass is 16.2. The number of rotatable bonds is 3. The first-order valence-corrected chi connectivity index (χ1v) is 10.7. The summed E-state index contributed by atoms with van der Waals surface area (Å²) in [5, 5.41) is 0. The molecule has 4 rings (SSSR count). The van der Waals surface area contributed by atoms with E-state index in [0.29, 0.717) is 24.6 Å². The van der Waals surface area contributed by atoms with Crippen LogP contribution in [-0.2, 0) is 4.79 Å². The molecule has 2 saturated heterocycles. The lowest BCUT2D eigenvalue weighted by molar-refractivity contribution is -0.137. The molecule has 0 atom stereocenters. The van der Waals surface area contributed by atoms with Crippen LogP contribution in [0.4, 0.5) is 0 Å². The highest BCUT2D eigenvalue weighted by Crippen LogP contribution is 2.24. The van der Waals surface area contributed by atoms with E-state index in [1.807, 2.05) is 59.2 Å². The SMILES string of the molecule is Cc1nc(-c2ccccc2)ccc1C(=O)N1CCC(C(=O)N2CCCCC2)CC1. The molecule has 3 heterocycles. The Morgan fingerprint density at radius 3 is 2.21 bits per heavy atom. The van der Waals surface area contributed by atoms with Gasteiger partial charge < -0.3 is 9.80 Å². The van der Waals surface area contributed by atoms with Crippen LogP contribution in [-0.4, -0.2) is 52.8 Å². The van der Waals surface area contributed by atoms with E-state index in [1.165, 1.54) is 6.42 Å². The van der Waals surface area contributed by atoms with Crippen LogP contribution in [0.25, 0.3) is 11.3 Å². The fourth-order valence-electron chi connectivity index (χ4n) is 4.43. The number of aryl methyl sites for hydroxylation is 1. The molecule has 0 aliphatic carbocycles. The number of hydrogen-bond acceptors (Lipinski definition) is 3. The number of hydrogen-bond donors (Lipinski definition) is 0. The van der Waals surface area contributed by atoms with Gasteiger partial charge in [-0.15, -0.1) is 0 Å². The van der Waals surface area contributed by atoms with Crippen molar-refractivity contribution in [2.75, 3.05) is 26.2 Å². The predicted octanol–water partition coefficient (Wildman–Crippen LogP) is 3.92. The molecule has 2 aliphatic rings. The van der Waals surface area contributed by atoms with Crippen molar-refractivity contribution in [3.05, 3.63) is 53.7 Å². The zero-order chi connectivity index (χ0) is 20.2. The standard InChI is InChI=1S/C24H29N3O2/c1-18-21(10-11-22(25-18)19-8-4-2-5-9-19)24(29)27-16-12-20(13-17-27)23(28)26-14-6-3-7-15-26/h2,4-5,8-11,20H,3,6-7,12-17H2,1H3. The Morgan fingerprint density at radius 1 is 0.862 bits per heavy atom. The van der Waals surface area contributed by atoms with Gasteiger partial charge in [-0.05, 0) is 51.2 Å². The summed E-state index contributed by atoms with van der Waals surface area (Å²) in [6, 6.07) is 13.8. The van der Waals surface area contributed by atoms with Crippen molar-refractivity contribution in [3.8, 4) is 11.3 Å². The zero-order valence-corrected chi connectivity index (χ0v) is 17.1. The van der Waals surface area contributed by atoms with Crippen LogP contribution in [0, 0.1) is 12.8 Å². The second-order valence-corrected chi connectivity index (χ2v) is 8.15. The van der Waals surface area contributed by atoms with Gasteiger partial charge in [0.2, 0.25) is 5.91 Å². The van der Waals surface area contributed by atoms with Crippen molar-refractivity contribution in [2.45, 2.75) is 39.0 Å². The largest absolute Gasteiger partial charge is 0.342 e. The molecule has 29 heavy (non-hydrogen) atoms. The zero-order valence-electron chi connectivity index (χ0n) is 17.1. The van der Waals surface area contributed by atoms with Crippen molar-refractivity contribution in [2.24, 2.45) is 5.92 Å². The summed E-state index contributed by atoms with van der Waals surface area (Å²) in [6.45, 7) is 4.98. The van der Waals surface area contributed by atoms with Crippen LogP contribution >= 0.6 is 0 Å². The third-order valence-electron chi connectivity index (χ3n) is 6.18. The van der Waals surface area contributed by atoms with Gasteiger partial charge in [-0.1, -0.05) is 30.3 Å². The van der Waals surface area contributed by atoms with Gasteiger partial charge in [-0.25, -0.2) is 0 Å². The summed E-state index contributed by atoms with van der Waals surface area (Å²) >= 11 is 0. The molecule has 2 aliphatic heterocycles. The highest BCUT2D eigenvalue weighted by molar-refractivity contribution is 5.95. The molecule has 0 saturated carbocycles. The van der Waals surface area contributed by atoms with Crippen molar-refractivity contribution >= 4 is 11.8 Å². The molecule has 0 N–H and O–H groups in total. The summed E-state index contributed by atoms with van der Waals surface area (Å²) in [5.74, 6) is 0.386. The maximum atomic E-state index is 13.0. The molecular weight excluding hydrogens is 362 g/mol. The number of pyridine rings is 1. The Balaban J connectivity index is 1.39. The quantitative estimate of drug-likeness (QED) is 0.797. The Bertz CT molecular complexity index is 867. The first-order chi connectivity index (χ1) is 14.1. The van der Waals surface area contributed by atoms with Gasteiger partial charge in [0.15, 0.2) is 0 Å². The fraction of sp³-hybridized carbons (Fsp3) is 0.458. The van der Waals surface area contributed by atoms with Gasteiger partial charge in [0, 0.05) is 37.7 Å². The first kappa shape index (κ1) is 19.6. The van der Waals surface area contributed by atoms with Gasteiger partial charge in [-0.2, -0.15) is 0 Å². The number of aromatic nitrogens is 1. The average Bonchev–Trinajstić information content (AvgIpc) is 2.79. The van der Waals surface area contributed by atoms with Gasteiger partial charge in [-0.3, -0.25) is 14.6 Å². The molecular formula is C24H29N3O2. The Labute approximate surface area is 172 Å². The lowest BCUT2D eigenvalue weighted by atomic mass is 9.94. The van der Waals surface area contributed by atoms with Crippen molar-refractivity contribution in [1.29, 1.82) is 0 Å². The number of carbonyl (C=O) groups excluding carboxylic acids is 2. The molecule has 2 amide bonds. The van der Waals surface area contributed by atoms with Crippen molar-refractivity contribution < 1.29 is 9.59 Å². The minimum absolute atomic E-state index is 0.0264. The van der Waals surface area contributed by atoms with Gasteiger partial charge in [0.25, 0.3) is 5.91 Å². The van der Waals surface area contributed by atoms with E-state index >= 15 is 0 Å². The third kappa shape index (κ3) is 4.34. The lowest BCUT2D eigenvalue weighted by Gasteiger charge is -2.35. The van der Waals surface area contributed by atoms with E-state index in [9.17, 15) is 9.59 Å². The Morgan fingerprint density at radius 2 is 1.55 bits per heavy atom. The molecule has 2 aromatic rings. The number of amides is 2. The Kier molecular flexibility index (Phi) is 5.93. The van der Waals surface area contributed by atoms with Crippen molar-refractivity contribution in [3.63, 3.8) is 0 Å². The van der Waals surface area contributed by atoms with Gasteiger partial charge in [0.1, 0.15) is 0 Å². The van der Waals surface area contributed by atoms with Crippen LogP contribution in [0.1, 0.15) is 48.2 Å². The van der Waals surface area contributed by atoms with E-state index in [0.717, 1.165) is 55.7 Å². The summed E-state index contributed by atoms with van der Waals surface area (Å²) < 4.78 is 0.